The van der Waals surface area contributed by atoms with E-state index in [9.17, 15) is 4.79 Å². The van der Waals surface area contributed by atoms with E-state index in [1.54, 1.807) is 12.0 Å². The third kappa shape index (κ3) is 3.37. The highest BCUT2D eigenvalue weighted by atomic mass is 16.5. The number of ether oxygens (including phenoxy) is 1. The lowest BCUT2D eigenvalue weighted by Crippen LogP contribution is -2.37. The van der Waals surface area contributed by atoms with E-state index in [0.29, 0.717) is 12.6 Å². The number of benzene rings is 1. The lowest BCUT2D eigenvalue weighted by molar-refractivity contribution is 0.206. The lowest BCUT2D eigenvalue weighted by atomic mass is 10.2. The zero-order chi connectivity index (χ0) is 12.3. The Balaban J connectivity index is 1.87. The average Bonchev–Trinajstić information content (AvgIpc) is 3.14. The number of carbonyl (C=O) groups is 1. The highest BCUT2D eigenvalue weighted by Crippen LogP contribution is 2.19. The molecule has 1 aromatic carbocycles. The number of hydrogen-bond donors (Lipinski definition) is 1. The molecule has 1 fully saturated rings. The minimum atomic E-state index is 0.00307. The van der Waals surface area contributed by atoms with Crippen LogP contribution >= 0.6 is 0 Å². The van der Waals surface area contributed by atoms with Crippen molar-refractivity contribution in [2.75, 3.05) is 14.2 Å². The van der Waals surface area contributed by atoms with E-state index in [4.69, 9.17) is 4.74 Å². The summed E-state index contributed by atoms with van der Waals surface area (Å²) >= 11 is 0. The molecule has 1 aromatic rings. The van der Waals surface area contributed by atoms with Crippen LogP contribution in [-0.4, -0.2) is 31.1 Å². The Bertz CT molecular complexity index is 385. The number of nitrogens with one attached hydrogen (secondary N) is 1. The van der Waals surface area contributed by atoms with Crippen LogP contribution in [0, 0.1) is 0 Å². The van der Waals surface area contributed by atoms with Gasteiger partial charge in [-0.05, 0) is 30.5 Å². The molecule has 92 valence electrons. The normalized spacial score (nSPS) is 14.2. The molecular weight excluding hydrogens is 216 g/mol. The number of carbonyl (C=O) groups excluding carboxylic acids is 1. The Morgan fingerprint density at radius 3 is 2.59 bits per heavy atom. The topological polar surface area (TPSA) is 41.6 Å². The summed E-state index contributed by atoms with van der Waals surface area (Å²) < 4.78 is 5.09. The predicted molar refractivity (Wildman–Crippen MR) is 66.0 cm³/mol. The molecular formula is C13H18N2O2. The quantitative estimate of drug-likeness (QED) is 0.865. The Morgan fingerprint density at radius 1 is 1.41 bits per heavy atom. The maximum atomic E-state index is 11.7. The molecule has 0 aliphatic heterocycles. The van der Waals surface area contributed by atoms with Gasteiger partial charge in [0.1, 0.15) is 5.75 Å². The van der Waals surface area contributed by atoms with Crippen molar-refractivity contribution in [3.63, 3.8) is 0 Å². The van der Waals surface area contributed by atoms with Crippen LogP contribution in [0.1, 0.15) is 18.4 Å². The maximum absolute atomic E-state index is 11.7. The second kappa shape index (κ2) is 5.08. The minimum Gasteiger partial charge on any atom is -0.497 e. The first kappa shape index (κ1) is 11.8. The molecule has 17 heavy (non-hydrogen) atoms. The fraction of sp³-hybridized carbons (Fsp3) is 0.462. The van der Waals surface area contributed by atoms with E-state index in [1.807, 2.05) is 31.3 Å². The molecule has 4 heteroatoms. The van der Waals surface area contributed by atoms with Gasteiger partial charge >= 0.3 is 6.03 Å². The number of nitrogens with zero attached hydrogens (tertiary/aromatic N) is 1. The molecule has 0 radical (unpaired) electrons. The standard InChI is InChI=1S/C13H18N2O2/c1-15(13(16)14-11-5-6-11)9-10-3-7-12(17-2)8-4-10/h3-4,7-8,11H,5-6,9H2,1-2H3,(H,14,16). The first-order chi connectivity index (χ1) is 8.19. The summed E-state index contributed by atoms with van der Waals surface area (Å²) in [5.41, 5.74) is 1.10. The van der Waals surface area contributed by atoms with E-state index >= 15 is 0 Å². The van der Waals surface area contributed by atoms with Crippen LogP contribution in [0.3, 0.4) is 0 Å². The van der Waals surface area contributed by atoms with Gasteiger partial charge in [-0.25, -0.2) is 4.79 Å². The van der Waals surface area contributed by atoms with Gasteiger partial charge in [-0.1, -0.05) is 12.1 Å². The molecule has 0 heterocycles. The molecule has 2 rings (SSSR count). The molecule has 0 saturated heterocycles. The highest BCUT2D eigenvalue weighted by Gasteiger charge is 2.24. The molecule has 4 nitrogen and oxygen atoms in total. The summed E-state index contributed by atoms with van der Waals surface area (Å²) in [4.78, 5) is 13.4. The first-order valence-corrected chi connectivity index (χ1v) is 5.83. The fourth-order valence-corrected chi connectivity index (χ4v) is 1.59. The van der Waals surface area contributed by atoms with Crippen molar-refractivity contribution in [2.45, 2.75) is 25.4 Å². The Hall–Kier alpha value is -1.71. The fourth-order valence-electron chi connectivity index (χ4n) is 1.59. The third-order valence-electron chi connectivity index (χ3n) is 2.83. The van der Waals surface area contributed by atoms with E-state index in [1.165, 1.54) is 0 Å². The molecule has 2 amide bonds. The summed E-state index contributed by atoms with van der Waals surface area (Å²) in [6, 6.07) is 8.16. The van der Waals surface area contributed by atoms with Gasteiger partial charge in [-0.15, -0.1) is 0 Å². The number of amides is 2. The van der Waals surface area contributed by atoms with Crippen LogP contribution in [0.15, 0.2) is 24.3 Å². The molecule has 0 bridgehead atoms. The van der Waals surface area contributed by atoms with Crippen molar-refractivity contribution >= 4 is 6.03 Å². The zero-order valence-electron chi connectivity index (χ0n) is 10.3. The summed E-state index contributed by atoms with van der Waals surface area (Å²) in [6.45, 7) is 0.614. The van der Waals surface area contributed by atoms with Gasteiger partial charge in [-0.2, -0.15) is 0 Å². The number of hydrogen-bond acceptors (Lipinski definition) is 2. The number of urea groups is 1. The summed E-state index contributed by atoms with van der Waals surface area (Å²) in [6.07, 6.45) is 2.23. The molecule has 0 spiro atoms. The van der Waals surface area contributed by atoms with Gasteiger partial charge in [0.05, 0.1) is 7.11 Å². The molecule has 0 atom stereocenters. The van der Waals surface area contributed by atoms with Crippen molar-refractivity contribution in [3.05, 3.63) is 29.8 Å². The van der Waals surface area contributed by atoms with Crippen molar-refractivity contribution in [3.8, 4) is 5.75 Å². The smallest absolute Gasteiger partial charge is 0.317 e. The molecule has 1 saturated carbocycles. The van der Waals surface area contributed by atoms with Crippen LogP contribution in [-0.2, 0) is 6.54 Å². The molecule has 0 unspecified atom stereocenters. The average molecular weight is 234 g/mol. The van der Waals surface area contributed by atoms with Gasteiger partial charge in [-0.3, -0.25) is 0 Å². The highest BCUT2D eigenvalue weighted by molar-refractivity contribution is 5.74. The van der Waals surface area contributed by atoms with Gasteiger partial charge in [0.15, 0.2) is 0 Å². The van der Waals surface area contributed by atoms with Gasteiger partial charge < -0.3 is 15.0 Å². The van der Waals surface area contributed by atoms with Crippen LogP contribution in [0.2, 0.25) is 0 Å². The Kier molecular flexibility index (Phi) is 3.52. The van der Waals surface area contributed by atoms with Crippen LogP contribution in [0.5, 0.6) is 5.75 Å². The van der Waals surface area contributed by atoms with Crippen molar-refractivity contribution < 1.29 is 9.53 Å². The van der Waals surface area contributed by atoms with E-state index in [2.05, 4.69) is 5.32 Å². The maximum Gasteiger partial charge on any atom is 0.317 e. The monoisotopic (exact) mass is 234 g/mol. The van der Waals surface area contributed by atoms with Gasteiger partial charge in [0, 0.05) is 19.6 Å². The van der Waals surface area contributed by atoms with Crippen LogP contribution < -0.4 is 10.1 Å². The summed E-state index contributed by atoms with van der Waals surface area (Å²) in [5.74, 6) is 0.832. The number of methoxy groups -OCH3 is 1. The largest absolute Gasteiger partial charge is 0.497 e. The minimum absolute atomic E-state index is 0.00307. The van der Waals surface area contributed by atoms with Crippen LogP contribution in [0.4, 0.5) is 4.79 Å². The molecule has 1 aliphatic carbocycles. The SMILES string of the molecule is COc1ccc(CN(C)C(=O)NC2CC2)cc1. The lowest BCUT2D eigenvalue weighted by Gasteiger charge is -2.18. The van der Waals surface area contributed by atoms with E-state index in [-0.39, 0.29) is 6.03 Å². The van der Waals surface area contributed by atoms with E-state index in [0.717, 1.165) is 24.2 Å². The van der Waals surface area contributed by atoms with Crippen molar-refractivity contribution in [1.29, 1.82) is 0 Å². The number of rotatable bonds is 4. The van der Waals surface area contributed by atoms with Crippen molar-refractivity contribution in [2.24, 2.45) is 0 Å². The Morgan fingerprint density at radius 2 is 2.06 bits per heavy atom. The van der Waals surface area contributed by atoms with Crippen molar-refractivity contribution in [1.82, 2.24) is 10.2 Å². The predicted octanol–water partition coefficient (Wildman–Crippen LogP) is 2.00. The summed E-state index contributed by atoms with van der Waals surface area (Å²) in [7, 11) is 3.45. The first-order valence-electron chi connectivity index (χ1n) is 5.83. The molecule has 1 aliphatic rings. The van der Waals surface area contributed by atoms with E-state index < -0.39 is 0 Å². The van der Waals surface area contributed by atoms with Gasteiger partial charge in [0.25, 0.3) is 0 Å². The van der Waals surface area contributed by atoms with Crippen LogP contribution in [0.25, 0.3) is 0 Å². The van der Waals surface area contributed by atoms with Gasteiger partial charge in [0.2, 0.25) is 0 Å². The second-order valence-corrected chi connectivity index (χ2v) is 4.43. The summed E-state index contributed by atoms with van der Waals surface area (Å²) in [5, 5.41) is 2.96. The zero-order valence-corrected chi connectivity index (χ0v) is 10.3. The third-order valence-corrected chi connectivity index (χ3v) is 2.83. The second-order valence-electron chi connectivity index (χ2n) is 4.43. The molecule has 0 aromatic heterocycles. The Labute approximate surface area is 102 Å². The molecule has 1 N–H and O–H groups in total.